The number of aromatic nitrogens is 1. The monoisotopic (exact) mass is 313 g/mol. The van der Waals surface area contributed by atoms with Crippen LogP contribution in [-0.4, -0.2) is 23.4 Å². The first-order chi connectivity index (χ1) is 11.1. The predicted molar refractivity (Wildman–Crippen MR) is 85.9 cm³/mol. The third-order valence-electron chi connectivity index (χ3n) is 3.38. The Morgan fingerprint density at radius 1 is 1.13 bits per heavy atom. The molecule has 1 aromatic carbocycles. The van der Waals surface area contributed by atoms with Gasteiger partial charge in [-0.1, -0.05) is 12.1 Å². The highest BCUT2D eigenvalue weighted by Crippen LogP contribution is 2.20. The quantitative estimate of drug-likeness (QED) is 0.827. The number of hydrogen-bond donors (Lipinski definition) is 2. The third-order valence-corrected chi connectivity index (χ3v) is 3.38. The SMILES string of the molecule is Cc1cccc(OCCC(=O)NNC(=O)c2cccnc2)c1C. The second-order valence-corrected chi connectivity index (χ2v) is 5.04. The van der Waals surface area contributed by atoms with Crippen molar-refractivity contribution in [2.24, 2.45) is 0 Å². The van der Waals surface area contributed by atoms with Crippen LogP contribution in [0.15, 0.2) is 42.7 Å². The van der Waals surface area contributed by atoms with Crippen LogP contribution >= 0.6 is 0 Å². The third kappa shape index (κ3) is 4.81. The summed E-state index contributed by atoms with van der Waals surface area (Å²) in [4.78, 5) is 27.3. The number of hydrogen-bond acceptors (Lipinski definition) is 4. The van der Waals surface area contributed by atoms with E-state index in [9.17, 15) is 9.59 Å². The molecule has 1 aromatic heterocycles. The van der Waals surface area contributed by atoms with Gasteiger partial charge in [-0.3, -0.25) is 25.4 Å². The Bertz CT molecular complexity index is 687. The molecule has 0 saturated carbocycles. The molecule has 0 atom stereocenters. The summed E-state index contributed by atoms with van der Waals surface area (Å²) in [5.41, 5.74) is 7.24. The Balaban J connectivity index is 1.73. The number of rotatable bonds is 5. The van der Waals surface area contributed by atoms with Crippen molar-refractivity contribution in [2.45, 2.75) is 20.3 Å². The van der Waals surface area contributed by atoms with Gasteiger partial charge in [0.2, 0.25) is 5.91 Å². The van der Waals surface area contributed by atoms with Gasteiger partial charge in [0.1, 0.15) is 5.75 Å². The minimum absolute atomic E-state index is 0.140. The van der Waals surface area contributed by atoms with E-state index in [1.54, 1.807) is 18.3 Å². The normalized spacial score (nSPS) is 10.0. The second-order valence-electron chi connectivity index (χ2n) is 5.04. The molecule has 2 rings (SSSR count). The van der Waals surface area contributed by atoms with Gasteiger partial charge in [0.15, 0.2) is 0 Å². The van der Waals surface area contributed by atoms with E-state index >= 15 is 0 Å². The molecule has 6 heteroatoms. The highest BCUT2D eigenvalue weighted by atomic mass is 16.5. The molecule has 0 unspecified atom stereocenters. The molecule has 23 heavy (non-hydrogen) atoms. The molecule has 0 bridgehead atoms. The number of hydrazine groups is 1. The Hall–Kier alpha value is -2.89. The maximum absolute atomic E-state index is 11.7. The van der Waals surface area contributed by atoms with Gasteiger partial charge in [0, 0.05) is 12.4 Å². The summed E-state index contributed by atoms with van der Waals surface area (Å²) in [6.45, 7) is 4.21. The Morgan fingerprint density at radius 3 is 2.70 bits per heavy atom. The van der Waals surface area contributed by atoms with E-state index in [0.29, 0.717) is 5.56 Å². The highest BCUT2D eigenvalue weighted by Gasteiger charge is 2.08. The number of carbonyl (C=O) groups is 2. The summed E-state index contributed by atoms with van der Waals surface area (Å²) in [6.07, 6.45) is 3.13. The molecule has 1 heterocycles. The summed E-state index contributed by atoms with van der Waals surface area (Å²) in [5.74, 6) is 0.0200. The van der Waals surface area contributed by atoms with Gasteiger partial charge in [0.05, 0.1) is 18.6 Å². The van der Waals surface area contributed by atoms with Crippen LogP contribution in [0.3, 0.4) is 0 Å². The van der Waals surface area contributed by atoms with Gasteiger partial charge >= 0.3 is 0 Å². The molecule has 120 valence electrons. The maximum atomic E-state index is 11.7. The van der Waals surface area contributed by atoms with Crippen LogP contribution in [0.1, 0.15) is 27.9 Å². The number of benzene rings is 1. The van der Waals surface area contributed by atoms with Crippen LogP contribution in [0.4, 0.5) is 0 Å². The van der Waals surface area contributed by atoms with Crippen molar-refractivity contribution in [1.29, 1.82) is 0 Å². The number of pyridine rings is 1. The van der Waals surface area contributed by atoms with E-state index in [2.05, 4.69) is 15.8 Å². The summed E-state index contributed by atoms with van der Waals surface area (Å²) in [5, 5.41) is 0. The van der Waals surface area contributed by atoms with Crippen molar-refractivity contribution in [3.8, 4) is 5.75 Å². The average Bonchev–Trinajstić information content (AvgIpc) is 2.57. The van der Waals surface area contributed by atoms with E-state index in [0.717, 1.165) is 16.9 Å². The molecule has 0 radical (unpaired) electrons. The molecule has 2 N–H and O–H groups in total. The fourth-order valence-corrected chi connectivity index (χ4v) is 1.89. The Kier molecular flexibility index (Phi) is 5.68. The lowest BCUT2D eigenvalue weighted by molar-refractivity contribution is -0.122. The molecule has 0 saturated heterocycles. The van der Waals surface area contributed by atoms with Gasteiger partial charge in [-0.05, 0) is 43.2 Å². The standard InChI is InChI=1S/C17H19N3O3/c1-12-5-3-7-15(13(12)2)23-10-8-16(21)19-20-17(22)14-6-4-9-18-11-14/h3-7,9,11H,8,10H2,1-2H3,(H,19,21)(H,20,22). The maximum Gasteiger partial charge on any atom is 0.271 e. The van der Waals surface area contributed by atoms with Crippen LogP contribution in [-0.2, 0) is 4.79 Å². The summed E-state index contributed by atoms with van der Waals surface area (Å²) < 4.78 is 5.60. The molecule has 2 aromatic rings. The number of carbonyl (C=O) groups excluding carboxylic acids is 2. The topological polar surface area (TPSA) is 80.3 Å². The highest BCUT2D eigenvalue weighted by molar-refractivity contribution is 5.95. The van der Waals surface area contributed by atoms with Gasteiger partial charge < -0.3 is 4.74 Å². The predicted octanol–water partition coefficient (Wildman–Crippen LogP) is 1.93. The number of aryl methyl sites for hydroxylation is 1. The van der Waals surface area contributed by atoms with E-state index < -0.39 is 5.91 Å². The number of amides is 2. The fraction of sp³-hybridized carbons (Fsp3) is 0.235. The first-order valence-electron chi connectivity index (χ1n) is 7.26. The lowest BCUT2D eigenvalue weighted by atomic mass is 10.1. The summed E-state index contributed by atoms with van der Waals surface area (Å²) in [7, 11) is 0. The van der Waals surface area contributed by atoms with Crippen molar-refractivity contribution in [2.75, 3.05) is 6.61 Å². The first-order valence-corrected chi connectivity index (χ1v) is 7.26. The van der Waals surface area contributed by atoms with Gasteiger partial charge in [-0.2, -0.15) is 0 Å². The van der Waals surface area contributed by atoms with Crippen molar-refractivity contribution in [1.82, 2.24) is 15.8 Å². The molecule has 0 aliphatic rings. The van der Waals surface area contributed by atoms with Crippen molar-refractivity contribution in [3.05, 3.63) is 59.4 Å². The van der Waals surface area contributed by atoms with Crippen molar-refractivity contribution < 1.29 is 14.3 Å². The zero-order valence-electron chi connectivity index (χ0n) is 13.1. The molecule has 2 amide bonds. The van der Waals surface area contributed by atoms with Crippen LogP contribution in [0, 0.1) is 13.8 Å². The molecule has 0 aliphatic heterocycles. The summed E-state index contributed by atoms with van der Waals surface area (Å²) in [6, 6.07) is 9.03. The largest absolute Gasteiger partial charge is 0.493 e. The van der Waals surface area contributed by atoms with Crippen molar-refractivity contribution >= 4 is 11.8 Å². The number of nitrogens with zero attached hydrogens (tertiary/aromatic N) is 1. The first kappa shape index (κ1) is 16.5. The molecule has 0 spiro atoms. The van der Waals surface area contributed by atoms with E-state index in [-0.39, 0.29) is 18.9 Å². The minimum atomic E-state index is -0.415. The fourth-order valence-electron chi connectivity index (χ4n) is 1.89. The molecule has 0 fully saturated rings. The lowest BCUT2D eigenvalue weighted by Gasteiger charge is -2.11. The lowest BCUT2D eigenvalue weighted by Crippen LogP contribution is -2.42. The van der Waals surface area contributed by atoms with Crippen molar-refractivity contribution in [3.63, 3.8) is 0 Å². The zero-order chi connectivity index (χ0) is 16.7. The zero-order valence-corrected chi connectivity index (χ0v) is 13.1. The van der Waals surface area contributed by atoms with E-state index in [1.807, 2.05) is 32.0 Å². The Labute approximate surface area is 134 Å². The van der Waals surface area contributed by atoms with Gasteiger partial charge in [-0.15, -0.1) is 0 Å². The number of nitrogens with one attached hydrogen (secondary N) is 2. The van der Waals surface area contributed by atoms with Crippen LogP contribution < -0.4 is 15.6 Å². The van der Waals surface area contributed by atoms with Crippen LogP contribution in [0.25, 0.3) is 0 Å². The molecular formula is C17H19N3O3. The number of ether oxygens (including phenoxy) is 1. The second kappa shape index (κ2) is 7.93. The van der Waals surface area contributed by atoms with Gasteiger partial charge in [0.25, 0.3) is 5.91 Å². The van der Waals surface area contributed by atoms with Gasteiger partial charge in [-0.25, -0.2) is 0 Å². The smallest absolute Gasteiger partial charge is 0.271 e. The molecule has 0 aliphatic carbocycles. The van der Waals surface area contributed by atoms with E-state index in [1.165, 1.54) is 6.20 Å². The van der Waals surface area contributed by atoms with E-state index in [4.69, 9.17) is 4.74 Å². The van der Waals surface area contributed by atoms with Crippen LogP contribution in [0.5, 0.6) is 5.75 Å². The Morgan fingerprint density at radius 2 is 1.96 bits per heavy atom. The minimum Gasteiger partial charge on any atom is -0.493 e. The van der Waals surface area contributed by atoms with Crippen LogP contribution in [0.2, 0.25) is 0 Å². The summed E-state index contributed by atoms with van der Waals surface area (Å²) >= 11 is 0. The average molecular weight is 313 g/mol. The molecular weight excluding hydrogens is 294 g/mol. The molecule has 6 nitrogen and oxygen atoms in total.